The fourth-order valence-electron chi connectivity index (χ4n) is 3.11. The van der Waals surface area contributed by atoms with Gasteiger partial charge in [0.15, 0.2) is 0 Å². The van der Waals surface area contributed by atoms with Gasteiger partial charge in [0.2, 0.25) is 5.91 Å². The predicted molar refractivity (Wildman–Crippen MR) is 98.4 cm³/mol. The Morgan fingerprint density at radius 1 is 1.00 bits per heavy atom. The van der Waals surface area contributed by atoms with E-state index in [1.165, 1.54) is 0 Å². The Bertz CT molecular complexity index is 714. The number of pyridine rings is 1. The van der Waals surface area contributed by atoms with Crippen LogP contribution in [0.3, 0.4) is 0 Å². The molecular weight excluding hydrogens is 330 g/mol. The van der Waals surface area contributed by atoms with E-state index in [9.17, 15) is 9.59 Å². The maximum atomic E-state index is 12.3. The second kappa shape index (κ2) is 8.99. The van der Waals surface area contributed by atoms with Crippen LogP contribution < -0.4 is 10.6 Å². The van der Waals surface area contributed by atoms with Gasteiger partial charge in [0.25, 0.3) is 0 Å². The summed E-state index contributed by atoms with van der Waals surface area (Å²) in [4.78, 5) is 28.2. The Labute approximate surface area is 153 Å². The monoisotopic (exact) mass is 353 g/mol. The number of nitrogens with zero attached hydrogens (tertiary/aromatic N) is 1. The molecule has 1 aromatic heterocycles. The van der Waals surface area contributed by atoms with Crippen molar-refractivity contribution in [1.82, 2.24) is 10.3 Å². The average Bonchev–Trinajstić information content (AvgIpc) is 2.68. The van der Waals surface area contributed by atoms with Crippen LogP contribution in [0.25, 0.3) is 0 Å². The van der Waals surface area contributed by atoms with E-state index >= 15 is 0 Å². The molecule has 2 N–H and O–H groups in total. The van der Waals surface area contributed by atoms with Crippen LogP contribution in [0, 0.1) is 5.92 Å². The van der Waals surface area contributed by atoms with Gasteiger partial charge in [-0.15, -0.1) is 0 Å². The minimum atomic E-state index is -0.404. The van der Waals surface area contributed by atoms with Crippen LogP contribution >= 0.6 is 0 Å². The number of ether oxygens (including phenoxy) is 1. The summed E-state index contributed by atoms with van der Waals surface area (Å²) in [6.07, 6.45) is 5.94. The first-order valence-corrected chi connectivity index (χ1v) is 8.89. The van der Waals surface area contributed by atoms with E-state index < -0.39 is 6.09 Å². The van der Waals surface area contributed by atoms with Crippen molar-refractivity contribution >= 4 is 17.7 Å². The molecule has 0 aliphatic heterocycles. The van der Waals surface area contributed by atoms with Crippen LogP contribution in [0.1, 0.15) is 31.2 Å². The molecule has 0 atom stereocenters. The summed E-state index contributed by atoms with van der Waals surface area (Å²) in [6, 6.07) is 13.2. The van der Waals surface area contributed by atoms with Gasteiger partial charge in [-0.1, -0.05) is 30.3 Å². The summed E-state index contributed by atoms with van der Waals surface area (Å²) in [5, 5.41) is 5.81. The normalized spacial score (nSPS) is 19.4. The lowest BCUT2D eigenvalue weighted by Crippen LogP contribution is -2.39. The summed E-state index contributed by atoms with van der Waals surface area (Å²) in [7, 11) is 0. The third-order valence-electron chi connectivity index (χ3n) is 4.58. The number of nitrogens with one attached hydrogen (secondary N) is 2. The Morgan fingerprint density at radius 3 is 2.38 bits per heavy atom. The molecule has 136 valence electrons. The lowest BCUT2D eigenvalue weighted by atomic mass is 9.85. The van der Waals surface area contributed by atoms with Crippen LogP contribution in [0.4, 0.5) is 10.5 Å². The number of alkyl carbamates (subject to hydrolysis) is 1. The molecule has 6 nitrogen and oxygen atoms in total. The van der Waals surface area contributed by atoms with Crippen LogP contribution in [-0.4, -0.2) is 23.0 Å². The fourth-order valence-corrected chi connectivity index (χ4v) is 3.11. The zero-order valence-corrected chi connectivity index (χ0v) is 14.6. The van der Waals surface area contributed by atoms with Gasteiger partial charge in [0.05, 0.1) is 0 Å². The summed E-state index contributed by atoms with van der Waals surface area (Å²) < 4.78 is 5.25. The standard InChI is InChI=1S/C20H23N3O3/c24-19(22-18-10-12-21-13-11-18)16-6-8-17(9-7-16)23-20(25)26-14-15-4-2-1-3-5-15/h1-5,10-13,16-17H,6-9,14H2,(H,23,25)(H,21,22,24)/t16-,17-. The molecule has 26 heavy (non-hydrogen) atoms. The first-order valence-electron chi connectivity index (χ1n) is 8.89. The summed E-state index contributed by atoms with van der Waals surface area (Å²) in [6.45, 7) is 0.260. The molecule has 1 heterocycles. The molecule has 0 unspecified atom stereocenters. The highest BCUT2D eigenvalue weighted by Gasteiger charge is 2.27. The van der Waals surface area contributed by atoms with E-state index in [2.05, 4.69) is 15.6 Å². The molecule has 1 aliphatic rings. The van der Waals surface area contributed by atoms with Gasteiger partial charge >= 0.3 is 6.09 Å². The molecule has 3 rings (SSSR count). The van der Waals surface area contributed by atoms with E-state index in [0.717, 1.165) is 36.9 Å². The van der Waals surface area contributed by atoms with Gasteiger partial charge in [-0.05, 0) is 43.4 Å². The van der Waals surface area contributed by atoms with Crippen molar-refractivity contribution in [3.8, 4) is 0 Å². The van der Waals surface area contributed by atoms with Crippen LogP contribution in [-0.2, 0) is 16.1 Å². The highest BCUT2D eigenvalue weighted by molar-refractivity contribution is 5.92. The molecule has 0 bridgehead atoms. The zero-order chi connectivity index (χ0) is 18.2. The van der Waals surface area contributed by atoms with Crippen molar-refractivity contribution in [2.45, 2.75) is 38.3 Å². The van der Waals surface area contributed by atoms with Gasteiger partial charge < -0.3 is 15.4 Å². The van der Waals surface area contributed by atoms with E-state index in [1.54, 1.807) is 24.5 Å². The quantitative estimate of drug-likeness (QED) is 0.862. The summed E-state index contributed by atoms with van der Waals surface area (Å²) >= 11 is 0. The Morgan fingerprint density at radius 2 is 1.69 bits per heavy atom. The minimum Gasteiger partial charge on any atom is -0.445 e. The average molecular weight is 353 g/mol. The fraction of sp³-hybridized carbons (Fsp3) is 0.350. The Balaban J connectivity index is 1.38. The highest BCUT2D eigenvalue weighted by atomic mass is 16.5. The van der Waals surface area contributed by atoms with Gasteiger partial charge in [-0.2, -0.15) is 0 Å². The number of rotatable bonds is 5. The van der Waals surface area contributed by atoms with Crippen LogP contribution in [0.5, 0.6) is 0 Å². The molecule has 1 saturated carbocycles. The number of anilines is 1. The number of hydrogen-bond donors (Lipinski definition) is 2. The number of benzene rings is 1. The summed E-state index contributed by atoms with van der Waals surface area (Å²) in [5.74, 6) is 0.00265. The molecule has 0 saturated heterocycles. The van der Waals surface area contributed by atoms with Crippen molar-refractivity contribution < 1.29 is 14.3 Å². The zero-order valence-electron chi connectivity index (χ0n) is 14.6. The Kier molecular flexibility index (Phi) is 6.19. The lowest BCUT2D eigenvalue weighted by Gasteiger charge is -2.28. The number of carbonyl (C=O) groups excluding carboxylic acids is 2. The number of aromatic nitrogens is 1. The van der Waals surface area contributed by atoms with E-state index in [0.29, 0.717) is 0 Å². The molecule has 2 amide bonds. The van der Waals surface area contributed by atoms with Gasteiger partial charge in [0.1, 0.15) is 6.61 Å². The maximum Gasteiger partial charge on any atom is 0.407 e. The van der Waals surface area contributed by atoms with Crippen LogP contribution in [0.15, 0.2) is 54.9 Å². The van der Waals surface area contributed by atoms with Gasteiger partial charge in [-0.25, -0.2) is 4.79 Å². The lowest BCUT2D eigenvalue weighted by molar-refractivity contribution is -0.120. The molecular formula is C20H23N3O3. The first kappa shape index (κ1) is 17.9. The highest BCUT2D eigenvalue weighted by Crippen LogP contribution is 2.25. The largest absolute Gasteiger partial charge is 0.445 e. The SMILES string of the molecule is O=C(N[C@H]1CC[C@H](C(=O)Nc2ccncc2)CC1)OCc1ccccc1. The molecule has 1 aliphatic carbocycles. The second-order valence-electron chi connectivity index (χ2n) is 6.48. The maximum absolute atomic E-state index is 12.3. The number of hydrogen-bond acceptors (Lipinski definition) is 4. The third-order valence-corrected chi connectivity index (χ3v) is 4.58. The Hall–Kier alpha value is -2.89. The smallest absolute Gasteiger partial charge is 0.407 e. The number of amides is 2. The van der Waals surface area contributed by atoms with Crippen LogP contribution in [0.2, 0.25) is 0 Å². The first-order chi connectivity index (χ1) is 12.7. The molecule has 1 fully saturated rings. The molecule has 1 aromatic carbocycles. The van der Waals surface area contributed by atoms with Crippen molar-refractivity contribution in [1.29, 1.82) is 0 Å². The van der Waals surface area contributed by atoms with Crippen molar-refractivity contribution in [3.63, 3.8) is 0 Å². The second-order valence-corrected chi connectivity index (χ2v) is 6.48. The molecule has 0 spiro atoms. The number of carbonyl (C=O) groups is 2. The molecule has 6 heteroatoms. The van der Waals surface area contributed by atoms with Crippen molar-refractivity contribution in [2.24, 2.45) is 5.92 Å². The molecule has 0 radical (unpaired) electrons. The minimum absolute atomic E-state index is 0.0263. The van der Waals surface area contributed by atoms with Gasteiger partial charge in [-0.3, -0.25) is 9.78 Å². The van der Waals surface area contributed by atoms with E-state index in [1.807, 2.05) is 30.3 Å². The van der Waals surface area contributed by atoms with Gasteiger partial charge in [0, 0.05) is 30.0 Å². The third kappa shape index (κ3) is 5.31. The summed E-state index contributed by atoms with van der Waals surface area (Å²) in [5.41, 5.74) is 1.72. The van der Waals surface area contributed by atoms with Crippen molar-refractivity contribution in [2.75, 3.05) is 5.32 Å². The van der Waals surface area contributed by atoms with E-state index in [-0.39, 0.29) is 24.5 Å². The topological polar surface area (TPSA) is 80.3 Å². The van der Waals surface area contributed by atoms with E-state index in [4.69, 9.17) is 4.74 Å². The van der Waals surface area contributed by atoms with Crippen molar-refractivity contribution in [3.05, 3.63) is 60.4 Å². The predicted octanol–water partition coefficient (Wildman–Crippen LogP) is 3.51. The molecule has 2 aromatic rings.